The maximum absolute atomic E-state index is 7.50. The monoisotopic (exact) mass is 683 g/mol. The molecule has 0 aromatic carbocycles. The van der Waals surface area contributed by atoms with Crippen LogP contribution in [-0.2, 0) is 22.5 Å². The van der Waals surface area contributed by atoms with Crippen molar-refractivity contribution in [3.8, 4) is 0 Å². The molecule has 6 nitrogen and oxygen atoms in total. The van der Waals surface area contributed by atoms with E-state index in [0.29, 0.717) is 35.9 Å². The molecule has 0 heterocycles. The molecule has 256 valence electrons. The van der Waals surface area contributed by atoms with Gasteiger partial charge in [-0.3, -0.25) is 0 Å². The molecule has 0 spiro atoms. The normalized spacial score (nSPS) is 40.3. The minimum atomic E-state index is -1.99. The van der Waals surface area contributed by atoms with E-state index < -0.39 is 38.9 Å². The van der Waals surface area contributed by atoms with E-state index in [1.165, 1.54) is 38.5 Å². The zero-order valence-electron chi connectivity index (χ0n) is 31.3. The Hall–Kier alpha value is 0.178. The van der Waals surface area contributed by atoms with Crippen molar-refractivity contribution in [3.63, 3.8) is 0 Å². The lowest BCUT2D eigenvalue weighted by atomic mass is 9.43. The molecule has 4 rings (SSSR count). The molecule has 4 aliphatic rings. The van der Waals surface area contributed by atoms with Gasteiger partial charge in [0.25, 0.3) is 0 Å². The van der Waals surface area contributed by atoms with E-state index in [0.717, 1.165) is 24.5 Å². The molecule has 0 aromatic heterocycles. The maximum atomic E-state index is 7.50. The van der Waals surface area contributed by atoms with E-state index in [2.05, 4.69) is 92.4 Å². The lowest BCUT2D eigenvalue weighted by Gasteiger charge is -2.65. The Balaban J connectivity index is 1.78. The van der Waals surface area contributed by atoms with Gasteiger partial charge in [0.05, 0.1) is 6.61 Å². The number of hydrogen-bond acceptors (Lipinski definition) is 6. The molecule has 4 fully saturated rings. The van der Waals surface area contributed by atoms with Crippen LogP contribution < -0.4 is 0 Å². The third-order valence-electron chi connectivity index (χ3n) is 11.5. The van der Waals surface area contributed by atoms with Crippen LogP contribution in [0, 0.1) is 34.5 Å². The van der Waals surface area contributed by atoms with Gasteiger partial charge in [-0.15, -0.1) is 0 Å². The van der Waals surface area contributed by atoms with Crippen LogP contribution in [0.1, 0.15) is 65.2 Å². The van der Waals surface area contributed by atoms with E-state index in [9.17, 15) is 0 Å². The van der Waals surface area contributed by atoms with E-state index >= 15 is 0 Å². The Morgan fingerprint density at radius 3 is 1.93 bits per heavy atom. The minimum absolute atomic E-state index is 0.0970. The van der Waals surface area contributed by atoms with Crippen molar-refractivity contribution in [3.05, 3.63) is 0 Å². The van der Waals surface area contributed by atoms with Crippen molar-refractivity contribution in [1.82, 2.24) is 0 Å². The van der Waals surface area contributed by atoms with Gasteiger partial charge in [-0.2, -0.15) is 0 Å². The van der Waals surface area contributed by atoms with Crippen molar-refractivity contribution >= 4 is 39.0 Å². The van der Waals surface area contributed by atoms with Crippen molar-refractivity contribution in [2.45, 2.75) is 162 Å². The third kappa shape index (κ3) is 7.73. The number of fused-ring (bicyclic) bond motifs is 5. The second-order valence-electron chi connectivity index (χ2n) is 19.3. The van der Waals surface area contributed by atoms with Crippen LogP contribution in [0.15, 0.2) is 5.16 Å². The van der Waals surface area contributed by atoms with Crippen molar-refractivity contribution < 1.29 is 22.5 Å². The highest BCUT2D eigenvalue weighted by atomic mass is 28.4. The molecule has 0 amide bonds. The first-order chi connectivity index (χ1) is 19.9. The molecular weight excluding hydrogens is 615 g/mol. The summed E-state index contributed by atoms with van der Waals surface area (Å²) in [6.07, 6.45) is 10.2. The Bertz CT molecular complexity index is 1050. The summed E-state index contributed by atoms with van der Waals surface area (Å²) < 4.78 is 28.2. The van der Waals surface area contributed by atoms with Crippen molar-refractivity contribution in [1.29, 1.82) is 0 Å². The largest absolute Gasteiger partial charge is 0.415 e. The Labute approximate surface area is 275 Å². The molecule has 0 unspecified atom stereocenters. The van der Waals surface area contributed by atoms with Crippen LogP contribution in [0.3, 0.4) is 0 Å². The first-order valence-electron chi connectivity index (χ1n) is 17.7. The number of nitrogens with zero attached hydrogens (tertiary/aromatic N) is 1. The molecule has 0 aliphatic heterocycles. The standard InChI is InChI=1S/C34H69NO5Si4/c1-32-20-18-26(38-42(7,8)9)22-25(32)16-17-27-28-19-21-34(40-44(13,14)15,30(35-36-3)24-37-41(4,5)6)33(28,2)23-29(31(27)32)39-43(10,11)12/h25-29,31H,16-24H2,1-15H3/b35-30+/t25-,26+,27-,28-,29-,31+,32-,33-,34-/m0/s1. The topological polar surface area (TPSA) is 58.5 Å². The van der Waals surface area contributed by atoms with Gasteiger partial charge < -0.3 is 22.5 Å². The van der Waals surface area contributed by atoms with Crippen LogP contribution in [0.2, 0.25) is 78.6 Å². The zero-order valence-corrected chi connectivity index (χ0v) is 35.3. The number of hydrogen-bond donors (Lipinski definition) is 0. The summed E-state index contributed by atoms with van der Waals surface area (Å²) in [6.45, 7) is 33.7. The summed E-state index contributed by atoms with van der Waals surface area (Å²) in [5, 5.41) is 4.79. The summed E-state index contributed by atoms with van der Waals surface area (Å²) >= 11 is 0. The minimum Gasteiger partial charge on any atom is -0.415 e. The van der Waals surface area contributed by atoms with Crippen molar-refractivity contribution in [2.24, 2.45) is 39.7 Å². The molecule has 9 atom stereocenters. The van der Waals surface area contributed by atoms with Gasteiger partial charge >= 0.3 is 0 Å². The fraction of sp³-hybridized carbons (Fsp3) is 0.971. The second kappa shape index (κ2) is 12.6. The van der Waals surface area contributed by atoms with Gasteiger partial charge in [-0.05, 0) is 159 Å². The van der Waals surface area contributed by atoms with Gasteiger partial charge in [0.2, 0.25) is 0 Å². The summed E-state index contributed by atoms with van der Waals surface area (Å²) in [5.41, 5.74) is 0.678. The van der Waals surface area contributed by atoms with E-state index in [1.807, 2.05) is 0 Å². The molecule has 4 aliphatic carbocycles. The Morgan fingerprint density at radius 2 is 1.39 bits per heavy atom. The average Bonchev–Trinajstić information content (AvgIpc) is 3.10. The predicted molar refractivity (Wildman–Crippen MR) is 194 cm³/mol. The highest BCUT2D eigenvalue weighted by Gasteiger charge is 2.70. The summed E-state index contributed by atoms with van der Waals surface area (Å²) in [7, 11) is -5.49. The summed E-state index contributed by atoms with van der Waals surface area (Å²) in [6, 6.07) is 0. The fourth-order valence-electron chi connectivity index (χ4n) is 10.3. The van der Waals surface area contributed by atoms with Crippen molar-refractivity contribution in [2.75, 3.05) is 13.7 Å². The number of rotatable bonds is 11. The van der Waals surface area contributed by atoms with Crippen LogP contribution in [0.25, 0.3) is 0 Å². The molecule has 0 bridgehead atoms. The van der Waals surface area contributed by atoms with Gasteiger partial charge in [0.1, 0.15) is 18.4 Å². The third-order valence-corrected chi connectivity index (χ3v) is 15.5. The molecule has 0 aromatic rings. The average molecular weight is 684 g/mol. The van der Waals surface area contributed by atoms with Crippen LogP contribution >= 0.6 is 0 Å². The summed E-state index contributed by atoms with van der Waals surface area (Å²) in [4.78, 5) is 5.62. The number of oxime groups is 1. The molecule has 0 N–H and O–H groups in total. The first kappa shape index (κ1) is 37.0. The quantitative estimate of drug-likeness (QED) is 0.123. The smallest absolute Gasteiger partial charge is 0.185 e. The van der Waals surface area contributed by atoms with Crippen LogP contribution in [0.5, 0.6) is 0 Å². The molecule has 4 saturated carbocycles. The SMILES string of the molecule is CO/N=C(\CO[Si](C)(C)C)[C@@]1(O[Si](C)(C)C)CC[C@H]2[C@@H]3CC[C@H]4C[C@H](O[Si](C)(C)C)CC[C@]4(C)[C@H]3[C@@H](O[Si](C)(C)C)C[C@@]21C. The maximum Gasteiger partial charge on any atom is 0.185 e. The molecule has 44 heavy (non-hydrogen) atoms. The van der Waals surface area contributed by atoms with E-state index in [4.69, 9.17) is 27.7 Å². The van der Waals surface area contributed by atoms with Crippen LogP contribution in [0.4, 0.5) is 0 Å². The summed E-state index contributed by atoms with van der Waals surface area (Å²) in [5.74, 6) is 2.52. The zero-order chi connectivity index (χ0) is 33.1. The molecule has 10 heteroatoms. The van der Waals surface area contributed by atoms with Gasteiger partial charge in [0, 0.05) is 17.6 Å². The lowest BCUT2D eigenvalue weighted by Crippen LogP contribution is -2.66. The Kier molecular flexibility index (Phi) is 10.6. The lowest BCUT2D eigenvalue weighted by molar-refractivity contribution is -0.183. The van der Waals surface area contributed by atoms with E-state index in [-0.39, 0.29) is 11.5 Å². The predicted octanol–water partition coefficient (Wildman–Crippen LogP) is 9.52. The second-order valence-corrected chi connectivity index (χ2v) is 37.2. The van der Waals surface area contributed by atoms with Gasteiger partial charge in [-0.1, -0.05) is 19.0 Å². The highest BCUT2D eigenvalue weighted by Crippen LogP contribution is 2.70. The molecular formula is C34H69NO5Si4. The fourth-order valence-corrected chi connectivity index (χ4v) is 14.7. The Morgan fingerprint density at radius 1 is 0.750 bits per heavy atom. The van der Waals surface area contributed by atoms with E-state index in [1.54, 1.807) is 7.11 Å². The van der Waals surface area contributed by atoms with Gasteiger partial charge in [-0.25, -0.2) is 0 Å². The molecule has 0 radical (unpaired) electrons. The first-order valence-corrected chi connectivity index (χ1v) is 31.4. The highest BCUT2D eigenvalue weighted by molar-refractivity contribution is 6.71. The van der Waals surface area contributed by atoms with Crippen LogP contribution in [-0.4, -0.2) is 70.5 Å². The van der Waals surface area contributed by atoms with Gasteiger partial charge in [0.15, 0.2) is 33.3 Å². The molecule has 0 saturated heterocycles.